The van der Waals surface area contributed by atoms with Crippen LogP contribution in [0.2, 0.25) is 0 Å². The zero-order valence-electron chi connectivity index (χ0n) is 14.2. The van der Waals surface area contributed by atoms with Gasteiger partial charge in [-0.2, -0.15) is 0 Å². The minimum Gasteiger partial charge on any atom is -0.349 e. The highest BCUT2D eigenvalue weighted by Crippen LogP contribution is 2.19. The molecule has 1 aliphatic rings. The fourth-order valence-electron chi connectivity index (χ4n) is 2.56. The molecule has 2 aromatic carbocycles. The molecule has 0 saturated heterocycles. The molecule has 0 radical (unpaired) electrons. The molecule has 1 saturated carbocycles. The van der Waals surface area contributed by atoms with Crippen LogP contribution >= 0.6 is 0 Å². The van der Waals surface area contributed by atoms with E-state index in [0.29, 0.717) is 18.5 Å². The van der Waals surface area contributed by atoms with Crippen LogP contribution in [-0.2, 0) is 16.4 Å². The summed E-state index contributed by atoms with van der Waals surface area (Å²) in [5.74, 6) is -0.154. The van der Waals surface area contributed by atoms with Crippen LogP contribution in [0.5, 0.6) is 0 Å². The summed E-state index contributed by atoms with van der Waals surface area (Å²) in [6, 6.07) is 14.3. The normalized spacial score (nSPS) is 14.3. The lowest BCUT2D eigenvalue weighted by Gasteiger charge is -2.08. The highest BCUT2D eigenvalue weighted by atomic mass is 32.2. The van der Waals surface area contributed by atoms with Gasteiger partial charge in [0.05, 0.1) is 4.90 Å². The molecule has 1 aliphatic carbocycles. The van der Waals surface area contributed by atoms with E-state index in [9.17, 15) is 13.2 Å². The lowest BCUT2D eigenvalue weighted by molar-refractivity contribution is 0.0951. The summed E-state index contributed by atoms with van der Waals surface area (Å²) in [7, 11) is -3.58. The molecule has 1 fully saturated rings. The summed E-state index contributed by atoms with van der Waals surface area (Å²) in [5, 5.41) is 2.88. The van der Waals surface area contributed by atoms with E-state index in [4.69, 9.17) is 0 Å². The van der Waals surface area contributed by atoms with Crippen molar-refractivity contribution < 1.29 is 13.2 Å². The van der Waals surface area contributed by atoms with Gasteiger partial charge in [0.15, 0.2) is 0 Å². The summed E-state index contributed by atoms with van der Waals surface area (Å²) in [6.07, 6.45) is 2.66. The lowest BCUT2D eigenvalue weighted by atomic mass is 10.1. The highest BCUT2D eigenvalue weighted by molar-refractivity contribution is 7.89. The Morgan fingerprint density at radius 1 is 1.12 bits per heavy atom. The zero-order valence-corrected chi connectivity index (χ0v) is 15.0. The first-order valence-electron chi connectivity index (χ1n) is 8.40. The van der Waals surface area contributed by atoms with Crippen LogP contribution in [0.4, 0.5) is 0 Å². The minimum absolute atomic E-state index is 0.154. The maximum absolute atomic E-state index is 12.3. The van der Waals surface area contributed by atoms with Crippen molar-refractivity contribution in [2.45, 2.75) is 37.1 Å². The number of hydrogen-bond donors (Lipinski definition) is 2. The predicted molar refractivity (Wildman–Crippen MR) is 97.0 cm³/mol. The van der Waals surface area contributed by atoms with Crippen LogP contribution in [0.3, 0.4) is 0 Å². The number of nitrogens with one attached hydrogen (secondary N) is 2. The SMILES string of the molecule is Cc1cccc(CCNS(=O)(=O)c2ccc(C(=O)NC3CC3)cc2)c1. The molecule has 0 atom stereocenters. The first kappa shape index (κ1) is 17.6. The molecule has 2 aromatic rings. The van der Waals surface area contributed by atoms with Gasteiger partial charge in [-0.05, 0) is 56.0 Å². The van der Waals surface area contributed by atoms with E-state index in [1.807, 2.05) is 31.2 Å². The Bertz CT molecular complexity index is 856. The summed E-state index contributed by atoms with van der Waals surface area (Å²) in [6.45, 7) is 2.34. The molecular formula is C19H22N2O3S. The van der Waals surface area contributed by atoms with Crippen molar-refractivity contribution in [1.29, 1.82) is 0 Å². The lowest BCUT2D eigenvalue weighted by Crippen LogP contribution is -2.27. The Balaban J connectivity index is 1.58. The van der Waals surface area contributed by atoms with Gasteiger partial charge in [0.2, 0.25) is 10.0 Å². The molecule has 0 unspecified atom stereocenters. The summed E-state index contributed by atoms with van der Waals surface area (Å²) >= 11 is 0. The summed E-state index contributed by atoms with van der Waals surface area (Å²) in [5.41, 5.74) is 2.72. The van der Waals surface area contributed by atoms with E-state index < -0.39 is 10.0 Å². The van der Waals surface area contributed by atoms with Gasteiger partial charge in [0, 0.05) is 18.2 Å². The molecule has 0 spiro atoms. The second kappa shape index (κ2) is 7.37. The van der Waals surface area contributed by atoms with Crippen LogP contribution in [0, 0.1) is 6.92 Å². The summed E-state index contributed by atoms with van der Waals surface area (Å²) < 4.78 is 27.3. The molecular weight excluding hydrogens is 336 g/mol. The van der Waals surface area contributed by atoms with Crippen LogP contribution in [-0.4, -0.2) is 26.9 Å². The molecule has 0 heterocycles. The molecule has 1 amide bonds. The number of amides is 1. The number of benzene rings is 2. The number of sulfonamides is 1. The number of carbonyl (C=O) groups is 1. The Hall–Kier alpha value is -2.18. The van der Waals surface area contributed by atoms with Crippen molar-refractivity contribution in [3.8, 4) is 0 Å². The highest BCUT2D eigenvalue weighted by Gasteiger charge is 2.24. The quantitative estimate of drug-likeness (QED) is 0.798. The van der Waals surface area contributed by atoms with Gasteiger partial charge in [-0.3, -0.25) is 4.79 Å². The van der Waals surface area contributed by atoms with Crippen LogP contribution < -0.4 is 10.0 Å². The maximum atomic E-state index is 12.3. The minimum atomic E-state index is -3.58. The number of carbonyl (C=O) groups excluding carboxylic acids is 1. The van der Waals surface area contributed by atoms with Crippen LogP contribution in [0.1, 0.15) is 34.3 Å². The van der Waals surface area contributed by atoms with Crippen molar-refractivity contribution in [3.05, 3.63) is 65.2 Å². The van der Waals surface area contributed by atoms with Crippen molar-refractivity contribution in [3.63, 3.8) is 0 Å². The molecule has 0 aliphatic heterocycles. The molecule has 25 heavy (non-hydrogen) atoms. The molecule has 0 bridgehead atoms. The molecule has 6 heteroatoms. The summed E-state index contributed by atoms with van der Waals surface area (Å²) in [4.78, 5) is 12.1. The van der Waals surface area contributed by atoms with Gasteiger partial charge in [-0.15, -0.1) is 0 Å². The average Bonchev–Trinajstić information content (AvgIpc) is 3.39. The smallest absolute Gasteiger partial charge is 0.251 e. The second-order valence-electron chi connectivity index (χ2n) is 6.41. The van der Waals surface area contributed by atoms with Gasteiger partial charge in [0.25, 0.3) is 5.91 Å². The van der Waals surface area contributed by atoms with E-state index >= 15 is 0 Å². The predicted octanol–water partition coefficient (Wildman–Crippen LogP) is 2.41. The van der Waals surface area contributed by atoms with Crippen molar-refractivity contribution >= 4 is 15.9 Å². The Morgan fingerprint density at radius 2 is 1.84 bits per heavy atom. The fourth-order valence-corrected chi connectivity index (χ4v) is 3.59. The van der Waals surface area contributed by atoms with Crippen LogP contribution in [0.15, 0.2) is 53.4 Å². The van der Waals surface area contributed by atoms with Crippen molar-refractivity contribution in [2.75, 3.05) is 6.54 Å². The average molecular weight is 358 g/mol. The second-order valence-corrected chi connectivity index (χ2v) is 8.18. The molecule has 2 N–H and O–H groups in total. The third kappa shape index (κ3) is 4.90. The number of rotatable bonds is 7. The topological polar surface area (TPSA) is 75.3 Å². The first-order chi connectivity index (χ1) is 11.9. The largest absolute Gasteiger partial charge is 0.349 e. The van der Waals surface area contributed by atoms with Gasteiger partial charge in [-0.1, -0.05) is 29.8 Å². The third-order valence-electron chi connectivity index (χ3n) is 4.13. The number of aryl methyl sites for hydroxylation is 1. The monoisotopic (exact) mass is 358 g/mol. The van der Waals surface area contributed by atoms with Gasteiger partial charge in [0.1, 0.15) is 0 Å². The van der Waals surface area contributed by atoms with Gasteiger partial charge in [-0.25, -0.2) is 13.1 Å². The molecule has 3 rings (SSSR count). The van der Waals surface area contributed by atoms with E-state index in [0.717, 1.165) is 24.0 Å². The Kier molecular flexibility index (Phi) is 5.20. The first-order valence-corrected chi connectivity index (χ1v) is 9.88. The van der Waals surface area contributed by atoms with E-state index in [2.05, 4.69) is 10.0 Å². The van der Waals surface area contributed by atoms with E-state index in [-0.39, 0.29) is 16.8 Å². The van der Waals surface area contributed by atoms with Crippen LogP contribution in [0.25, 0.3) is 0 Å². The number of hydrogen-bond acceptors (Lipinski definition) is 3. The zero-order chi connectivity index (χ0) is 17.9. The maximum Gasteiger partial charge on any atom is 0.251 e. The van der Waals surface area contributed by atoms with E-state index in [1.54, 1.807) is 12.1 Å². The Labute approximate surface area is 148 Å². The van der Waals surface area contributed by atoms with Gasteiger partial charge < -0.3 is 5.32 Å². The third-order valence-corrected chi connectivity index (χ3v) is 5.60. The fraction of sp³-hybridized carbons (Fsp3) is 0.316. The molecule has 5 nitrogen and oxygen atoms in total. The van der Waals surface area contributed by atoms with Crippen molar-refractivity contribution in [1.82, 2.24) is 10.0 Å². The standard InChI is InChI=1S/C19H22N2O3S/c1-14-3-2-4-15(13-14)11-12-20-25(23,24)18-9-5-16(6-10-18)19(22)21-17-7-8-17/h2-6,9-10,13,17,20H,7-8,11-12H2,1H3,(H,21,22). The Morgan fingerprint density at radius 3 is 2.48 bits per heavy atom. The van der Waals surface area contributed by atoms with Gasteiger partial charge >= 0.3 is 0 Å². The molecule has 132 valence electrons. The van der Waals surface area contributed by atoms with E-state index in [1.165, 1.54) is 12.1 Å². The van der Waals surface area contributed by atoms with Crippen molar-refractivity contribution in [2.24, 2.45) is 0 Å². The molecule has 0 aromatic heterocycles.